The van der Waals surface area contributed by atoms with Crippen LogP contribution in [-0.2, 0) is 24.1 Å². The Labute approximate surface area is 196 Å². The summed E-state index contributed by atoms with van der Waals surface area (Å²) in [6.45, 7) is 0.466. The van der Waals surface area contributed by atoms with Crippen LogP contribution in [-0.4, -0.2) is 6.79 Å². The Kier molecular flexibility index (Phi) is 5.71. The van der Waals surface area contributed by atoms with E-state index in [9.17, 15) is 18.0 Å². The van der Waals surface area contributed by atoms with Gasteiger partial charge < -0.3 is 18.6 Å². The maximum absolute atomic E-state index is 13.8. The fraction of sp³-hybridized carbons (Fsp3) is 0.160. The van der Waals surface area contributed by atoms with Crippen molar-refractivity contribution in [2.24, 2.45) is 0 Å². The van der Waals surface area contributed by atoms with Crippen LogP contribution in [0.15, 0.2) is 69.9 Å². The first-order chi connectivity index (χ1) is 16.3. The number of hydrogen-bond acceptors (Lipinski definition) is 5. The minimum Gasteiger partial charge on any atom is -0.489 e. The van der Waals surface area contributed by atoms with Crippen molar-refractivity contribution < 1.29 is 31.8 Å². The second-order valence-electron chi connectivity index (χ2n) is 7.61. The zero-order chi connectivity index (χ0) is 23.9. The number of alkyl halides is 3. The number of halogens is 4. The molecule has 0 spiro atoms. The van der Waals surface area contributed by atoms with E-state index in [0.29, 0.717) is 22.9 Å². The smallest absolute Gasteiger partial charge is 0.450 e. The minimum atomic E-state index is -4.87. The first-order valence-electron chi connectivity index (χ1n) is 10.2. The standard InChI is InChI=1S/C25H16ClF3O5/c26-17-8-15-11-31-13-33-23(15)16(9-17)12-32-18-6-7-19-20(10-18)34-24(25(27,28)29)21(22(19)30)14-4-2-1-3-5-14/h1-10H,11-13H2. The predicted octanol–water partition coefficient (Wildman–Crippen LogP) is 6.58. The lowest BCUT2D eigenvalue weighted by atomic mass is 10.0. The number of rotatable bonds is 4. The van der Waals surface area contributed by atoms with E-state index in [1.165, 1.54) is 30.3 Å². The van der Waals surface area contributed by atoms with Crippen LogP contribution < -0.4 is 14.9 Å². The van der Waals surface area contributed by atoms with Gasteiger partial charge in [-0.3, -0.25) is 4.79 Å². The fourth-order valence-electron chi connectivity index (χ4n) is 3.85. The average molecular weight is 489 g/mol. The molecule has 0 radical (unpaired) electrons. The summed E-state index contributed by atoms with van der Waals surface area (Å²) in [6.07, 6.45) is -4.87. The van der Waals surface area contributed by atoms with Gasteiger partial charge in [-0.1, -0.05) is 41.9 Å². The van der Waals surface area contributed by atoms with Crippen LogP contribution in [0, 0.1) is 0 Å². The lowest BCUT2D eigenvalue weighted by Crippen LogP contribution is -2.16. The van der Waals surface area contributed by atoms with Crippen molar-refractivity contribution >= 4 is 22.6 Å². The Hall–Kier alpha value is -3.49. The molecule has 5 rings (SSSR count). The van der Waals surface area contributed by atoms with E-state index >= 15 is 0 Å². The lowest BCUT2D eigenvalue weighted by molar-refractivity contribution is -0.152. The van der Waals surface area contributed by atoms with Crippen LogP contribution >= 0.6 is 11.6 Å². The average Bonchev–Trinajstić information content (AvgIpc) is 2.82. The fourth-order valence-corrected chi connectivity index (χ4v) is 4.12. The van der Waals surface area contributed by atoms with Gasteiger partial charge in [0.15, 0.2) is 6.79 Å². The molecule has 34 heavy (non-hydrogen) atoms. The maximum atomic E-state index is 13.8. The van der Waals surface area contributed by atoms with E-state index in [1.54, 1.807) is 30.3 Å². The molecule has 9 heteroatoms. The van der Waals surface area contributed by atoms with Crippen molar-refractivity contribution in [1.82, 2.24) is 0 Å². The van der Waals surface area contributed by atoms with Gasteiger partial charge in [0.2, 0.25) is 11.2 Å². The minimum absolute atomic E-state index is 0.0137. The van der Waals surface area contributed by atoms with E-state index < -0.39 is 22.9 Å². The molecule has 0 fully saturated rings. The Morgan fingerprint density at radius 3 is 2.59 bits per heavy atom. The highest BCUT2D eigenvalue weighted by Gasteiger charge is 2.39. The lowest BCUT2D eigenvalue weighted by Gasteiger charge is -2.21. The van der Waals surface area contributed by atoms with Crippen LogP contribution in [0.25, 0.3) is 22.1 Å². The quantitative estimate of drug-likeness (QED) is 0.325. The Morgan fingerprint density at radius 2 is 1.82 bits per heavy atom. The van der Waals surface area contributed by atoms with Gasteiger partial charge in [-0.05, 0) is 29.8 Å². The van der Waals surface area contributed by atoms with Crippen LogP contribution in [0.5, 0.6) is 11.5 Å². The molecule has 2 heterocycles. The molecule has 0 saturated heterocycles. The molecule has 0 atom stereocenters. The molecule has 0 bridgehead atoms. The van der Waals surface area contributed by atoms with Gasteiger partial charge in [0.1, 0.15) is 23.7 Å². The third kappa shape index (κ3) is 4.22. The van der Waals surface area contributed by atoms with Gasteiger partial charge >= 0.3 is 6.18 Å². The van der Waals surface area contributed by atoms with Gasteiger partial charge in [-0.25, -0.2) is 0 Å². The molecule has 0 N–H and O–H groups in total. The number of hydrogen-bond donors (Lipinski definition) is 0. The summed E-state index contributed by atoms with van der Waals surface area (Å²) < 4.78 is 63.2. The summed E-state index contributed by atoms with van der Waals surface area (Å²) in [5.41, 5.74) is 0.0171. The zero-order valence-corrected chi connectivity index (χ0v) is 18.2. The maximum Gasteiger partial charge on any atom is 0.450 e. The van der Waals surface area contributed by atoms with Crippen LogP contribution in [0.2, 0.25) is 5.02 Å². The topological polar surface area (TPSA) is 57.9 Å². The molecule has 174 valence electrons. The summed E-state index contributed by atoms with van der Waals surface area (Å²) in [7, 11) is 0. The van der Waals surface area contributed by atoms with Crippen molar-refractivity contribution in [2.75, 3.05) is 6.79 Å². The Morgan fingerprint density at radius 1 is 1.03 bits per heavy atom. The van der Waals surface area contributed by atoms with Gasteiger partial charge in [-0.2, -0.15) is 13.2 Å². The number of benzene rings is 3. The second-order valence-corrected chi connectivity index (χ2v) is 8.05. The molecule has 3 aromatic carbocycles. The van der Waals surface area contributed by atoms with Gasteiger partial charge in [0, 0.05) is 22.2 Å². The normalized spacial score (nSPS) is 13.4. The molecule has 0 saturated carbocycles. The van der Waals surface area contributed by atoms with Crippen LogP contribution in [0.3, 0.4) is 0 Å². The van der Waals surface area contributed by atoms with Crippen molar-refractivity contribution in [3.05, 3.63) is 92.8 Å². The summed E-state index contributed by atoms with van der Waals surface area (Å²) in [5.74, 6) is -0.544. The molecular weight excluding hydrogens is 473 g/mol. The molecule has 0 unspecified atom stereocenters. The summed E-state index contributed by atoms with van der Waals surface area (Å²) >= 11 is 6.16. The first kappa shape index (κ1) is 22.3. The number of fused-ring (bicyclic) bond motifs is 2. The number of ether oxygens (including phenoxy) is 3. The van der Waals surface area contributed by atoms with Gasteiger partial charge in [0.25, 0.3) is 0 Å². The highest BCUT2D eigenvalue weighted by atomic mass is 35.5. The van der Waals surface area contributed by atoms with Crippen LogP contribution in [0.4, 0.5) is 13.2 Å². The van der Waals surface area contributed by atoms with Crippen LogP contribution in [0.1, 0.15) is 16.9 Å². The van der Waals surface area contributed by atoms with E-state index in [4.69, 9.17) is 30.2 Å². The molecule has 0 amide bonds. The third-order valence-electron chi connectivity index (χ3n) is 5.33. The van der Waals surface area contributed by atoms with Gasteiger partial charge in [0.05, 0.1) is 17.6 Å². The molecule has 1 aliphatic rings. The SMILES string of the molecule is O=c1c(-c2ccccc2)c(C(F)(F)F)oc2cc(OCc3cc(Cl)cc4c3OCOC4)ccc12. The third-order valence-corrected chi connectivity index (χ3v) is 5.55. The second kappa shape index (κ2) is 8.70. The zero-order valence-electron chi connectivity index (χ0n) is 17.4. The largest absolute Gasteiger partial charge is 0.489 e. The van der Waals surface area contributed by atoms with E-state index in [-0.39, 0.29) is 35.7 Å². The predicted molar refractivity (Wildman–Crippen MR) is 119 cm³/mol. The Balaban J connectivity index is 1.53. The Bertz CT molecular complexity index is 1430. The highest BCUT2D eigenvalue weighted by molar-refractivity contribution is 6.30. The molecule has 4 aromatic rings. The monoisotopic (exact) mass is 488 g/mol. The van der Waals surface area contributed by atoms with Crippen molar-refractivity contribution in [3.63, 3.8) is 0 Å². The molecule has 0 aliphatic carbocycles. The molecule has 5 nitrogen and oxygen atoms in total. The van der Waals surface area contributed by atoms with E-state index in [0.717, 1.165) is 5.56 Å². The van der Waals surface area contributed by atoms with Crippen molar-refractivity contribution in [2.45, 2.75) is 19.4 Å². The van der Waals surface area contributed by atoms with E-state index in [1.807, 2.05) is 0 Å². The summed E-state index contributed by atoms with van der Waals surface area (Å²) in [6, 6.07) is 15.2. The first-order valence-corrected chi connectivity index (χ1v) is 10.6. The molecular formula is C25H16ClF3O5. The molecule has 1 aromatic heterocycles. The van der Waals surface area contributed by atoms with Crippen molar-refractivity contribution in [1.29, 1.82) is 0 Å². The molecule has 1 aliphatic heterocycles. The summed E-state index contributed by atoms with van der Waals surface area (Å²) in [4.78, 5) is 13.0. The van der Waals surface area contributed by atoms with Crippen molar-refractivity contribution in [3.8, 4) is 22.6 Å². The van der Waals surface area contributed by atoms with Gasteiger partial charge in [-0.15, -0.1) is 0 Å². The summed E-state index contributed by atoms with van der Waals surface area (Å²) in [5, 5.41) is 0.485. The van der Waals surface area contributed by atoms with E-state index in [2.05, 4.69) is 0 Å². The highest BCUT2D eigenvalue weighted by Crippen LogP contribution is 2.38.